The number of hydrogen-bond acceptors (Lipinski definition) is 5. The predicted octanol–water partition coefficient (Wildman–Crippen LogP) is 3.32. The molecule has 9 heteroatoms. The lowest BCUT2D eigenvalue weighted by Crippen LogP contribution is -2.49. The summed E-state index contributed by atoms with van der Waals surface area (Å²) in [5.74, 6) is -0.629. The van der Waals surface area contributed by atoms with E-state index < -0.39 is 32.0 Å². The number of nitrogens with zero attached hydrogens (tertiary/aromatic N) is 2. The van der Waals surface area contributed by atoms with Gasteiger partial charge in [-0.1, -0.05) is 6.92 Å². The zero-order chi connectivity index (χ0) is 20.0. The van der Waals surface area contributed by atoms with Gasteiger partial charge in [-0.3, -0.25) is 10.1 Å². The molecule has 0 saturated carbocycles. The quantitative estimate of drug-likeness (QED) is 0.399. The number of ether oxygens (including phenoxy) is 1. The van der Waals surface area contributed by atoms with E-state index in [2.05, 4.69) is 4.72 Å². The molecule has 0 radical (unpaired) electrons. The molecule has 2 atom stereocenters. The van der Waals surface area contributed by atoms with Gasteiger partial charge in [-0.15, -0.1) is 0 Å². The Kier molecular flexibility index (Phi) is 7.81. The average molecular weight is 385 g/mol. The summed E-state index contributed by atoms with van der Waals surface area (Å²) in [5, 5.41) is 19.7. The highest BCUT2D eigenvalue weighted by Crippen LogP contribution is 2.35. The molecule has 0 aliphatic heterocycles. The number of nitriles is 1. The van der Waals surface area contributed by atoms with Crippen LogP contribution in [0.25, 0.3) is 0 Å². The molecular weight excluding hydrogens is 361 g/mol. The van der Waals surface area contributed by atoms with Crippen LogP contribution in [0.3, 0.4) is 0 Å². The fraction of sp³-hybridized carbons (Fsp3) is 0.588. The second kappa shape index (κ2) is 9.16. The molecule has 0 aliphatic carbocycles. The van der Waals surface area contributed by atoms with E-state index in [0.29, 0.717) is 6.42 Å². The Bertz CT molecular complexity index is 715. The number of nitrogens with one attached hydrogen (secondary N) is 1. The molecule has 0 saturated heterocycles. The topological polar surface area (TPSA) is 105 Å². The second-order valence-corrected chi connectivity index (χ2v) is 8.77. The number of non-ortho nitro benzene ring substituents is 1. The Morgan fingerprint density at radius 1 is 1.42 bits per heavy atom. The highest BCUT2D eigenvalue weighted by molar-refractivity contribution is 7.84. The fourth-order valence-corrected chi connectivity index (χ4v) is 3.39. The van der Waals surface area contributed by atoms with Gasteiger partial charge < -0.3 is 4.74 Å². The van der Waals surface area contributed by atoms with Crippen molar-refractivity contribution in [2.24, 2.45) is 0 Å². The van der Waals surface area contributed by atoms with E-state index in [4.69, 9.17) is 10.00 Å². The first kappa shape index (κ1) is 22.2. The lowest BCUT2D eigenvalue weighted by atomic mass is 9.84. The van der Waals surface area contributed by atoms with Crippen LogP contribution in [0.2, 0.25) is 0 Å². The maximum atomic E-state index is 14.6. The molecule has 0 amide bonds. The summed E-state index contributed by atoms with van der Waals surface area (Å²) in [6.07, 6.45) is 0.522. The third-order valence-corrected chi connectivity index (χ3v) is 5.65. The van der Waals surface area contributed by atoms with Crippen molar-refractivity contribution in [2.45, 2.75) is 50.8 Å². The van der Waals surface area contributed by atoms with E-state index >= 15 is 0 Å². The van der Waals surface area contributed by atoms with Crippen molar-refractivity contribution >= 4 is 16.7 Å². The van der Waals surface area contributed by atoms with Crippen LogP contribution < -0.4 is 4.72 Å². The molecule has 1 aromatic rings. The summed E-state index contributed by atoms with van der Waals surface area (Å²) in [4.78, 5) is 10.5. The molecule has 144 valence electrons. The molecule has 0 bridgehead atoms. The molecule has 1 unspecified atom stereocenters. The van der Waals surface area contributed by atoms with Gasteiger partial charge in [0.25, 0.3) is 5.69 Å². The SMILES string of the molecule is CC[C@@](CCOCC#N)(NS(=O)C(C)(C)C)c1cc([N+](=O)[O-])ccc1F. The van der Waals surface area contributed by atoms with Crippen molar-refractivity contribution in [1.82, 2.24) is 4.72 Å². The van der Waals surface area contributed by atoms with Gasteiger partial charge in [0.2, 0.25) is 0 Å². The Hall–Kier alpha value is -1.89. The van der Waals surface area contributed by atoms with E-state index in [0.717, 1.165) is 18.2 Å². The maximum Gasteiger partial charge on any atom is 0.269 e. The minimum atomic E-state index is -1.55. The van der Waals surface area contributed by atoms with Crippen molar-refractivity contribution in [3.05, 3.63) is 39.7 Å². The van der Waals surface area contributed by atoms with Crippen molar-refractivity contribution in [2.75, 3.05) is 13.2 Å². The van der Waals surface area contributed by atoms with Gasteiger partial charge in [0.1, 0.15) is 12.4 Å². The van der Waals surface area contributed by atoms with Crippen LogP contribution in [0.4, 0.5) is 10.1 Å². The van der Waals surface area contributed by atoms with E-state index in [-0.39, 0.29) is 30.9 Å². The summed E-state index contributed by atoms with van der Waals surface area (Å²) in [5.41, 5.74) is -1.32. The minimum Gasteiger partial charge on any atom is -0.366 e. The Morgan fingerprint density at radius 2 is 2.08 bits per heavy atom. The summed E-state index contributed by atoms with van der Waals surface area (Å²) >= 11 is 0. The molecule has 7 nitrogen and oxygen atoms in total. The molecule has 0 aromatic heterocycles. The van der Waals surface area contributed by atoms with Crippen molar-refractivity contribution in [3.63, 3.8) is 0 Å². The van der Waals surface area contributed by atoms with Gasteiger partial charge in [-0.25, -0.2) is 13.3 Å². The normalized spacial score (nSPS) is 15.1. The third kappa shape index (κ3) is 5.56. The third-order valence-electron chi connectivity index (χ3n) is 3.96. The first-order valence-corrected chi connectivity index (χ1v) is 9.31. The van der Waals surface area contributed by atoms with Crippen molar-refractivity contribution in [1.29, 1.82) is 5.26 Å². The van der Waals surface area contributed by atoms with Gasteiger partial charge in [-0.2, -0.15) is 5.26 Å². The zero-order valence-corrected chi connectivity index (χ0v) is 16.2. The molecule has 1 rings (SSSR count). The Labute approximate surface area is 155 Å². The van der Waals surface area contributed by atoms with Crippen LogP contribution in [-0.4, -0.2) is 27.1 Å². The summed E-state index contributed by atoms with van der Waals surface area (Å²) in [7, 11) is -1.55. The molecule has 0 heterocycles. The second-order valence-electron chi connectivity index (χ2n) is 6.80. The van der Waals surface area contributed by atoms with Gasteiger partial charge in [0.15, 0.2) is 0 Å². The number of nitro groups is 1. The van der Waals surface area contributed by atoms with Crippen LogP contribution in [0.15, 0.2) is 18.2 Å². The molecular formula is C17H24FN3O4S. The summed E-state index contributed by atoms with van der Waals surface area (Å²) < 4.78 is 34.8. The van der Waals surface area contributed by atoms with Crippen LogP contribution in [0, 0.1) is 27.3 Å². The maximum absolute atomic E-state index is 14.6. The van der Waals surface area contributed by atoms with Gasteiger partial charge in [-0.05, 0) is 39.7 Å². The van der Waals surface area contributed by atoms with Crippen LogP contribution >= 0.6 is 0 Å². The van der Waals surface area contributed by atoms with Crippen molar-refractivity contribution in [3.8, 4) is 6.07 Å². The van der Waals surface area contributed by atoms with E-state index in [1.807, 2.05) is 6.07 Å². The molecule has 0 spiro atoms. The summed E-state index contributed by atoms with van der Waals surface area (Å²) in [6, 6.07) is 5.14. The highest BCUT2D eigenvalue weighted by Gasteiger charge is 2.38. The highest BCUT2D eigenvalue weighted by atomic mass is 32.2. The largest absolute Gasteiger partial charge is 0.366 e. The van der Waals surface area contributed by atoms with Crippen LogP contribution in [-0.2, 0) is 21.3 Å². The Balaban J connectivity index is 3.38. The van der Waals surface area contributed by atoms with Crippen LogP contribution in [0.5, 0.6) is 0 Å². The first-order chi connectivity index (χ1) is 12.1. The number of hydrogen-bond donors (Lipinski definition) is 1. The monoisotopic (exact) mass is 385 g/mol. The smallest absolute Gasteiger partial charge is 0.269 e. The van der Waals surface area contributed by atoms with Gasteiger partial charge in [0, 0.05) is 17.7 Å². The molecule has 1 N–H and O–H groups in total. The zero-order valence-electron chi connectivity index (χ0n) is 15.4. The predicted molar refractivity (Wildman–Crippen MR) is 97.1 cm³/mol. The number of rotatable bonds is 9. The number of halogens is 1. The van der Waals surface area contributed by atoms with E-state index in [1.54, 1.807) is 27.7 Å². The number of benzene rings is 1. The Morgan fingerprint density at radius 3 is 2.58 bits per heavy atom. The van der Waals surface area contributed by atoms with Crippen LogP contribution in [0.1, 0.15) is 46.1 Å². The van der Waals surface area contributed by atoms with Gasteiger partial charge >= 0.3 is 0 Å². The number of nitro benzene ring substituents is 1. The molecule has 0 aliphatic rings. The molecule has 26 heavy (non-hydrogen) atoms. The molecule has 0 fully saturated rings. The fourth-order valence-electron chi connectivity index (χ4n) is 2.37. The minimum absolute atomic E-state index is 0.0624. The van der Waals surface area contributed by atoms with Crippen molar-refractivity contribution < 1.29 is 18.3 Å². The standard InChI is InChI=1S/C17H24FN3O4S/c1-5-17(8-10-25-11-9-19,20-26(24)16(2,3)4)14-12-13(21(22)23)6-7-15(14)18/h6-7,12,20H,5,8,10-11H2,1-4H3/t17-,26?/m0/s1. The van der Waals surface area contributed by atoms with Gasteiger partial charge in [0.05, 0.1) is 38.9 Å². The molecule has 1 aromatic carbocycles. The summed E-state index contributed by atoms with van der Waals surface area (Å²) in [6.45, 7) is 7.07. The lowest BCUT2D eigenvalue weighted by molar-refractivity contribution is -0.385. The first-order valence-electron chi connectivity index (χ1n) is 8.16. The van der Waals surface area contributed by atoms with E-state index in [9.17, 15) is 18.7 Å². The average Bonchev–Trinajstić information content (AvgIpc) is 2.57. The van der Waals surface area contributed by atoms with E-state index in [1.165, 1.54) is 0 Å². The lowest BCUT2D eigenvalue weighted by Gasteiger charge is -2.36.